The van der Waals surface area contributed by atoms with Crippen molar-refractivity contribution in [2.45, 2.75) is 38.5 Å². The molecule has 0 saturated carbocycles. The van der Waals surface area contributed by atoms with Crippen molar-refractivity contribution in [3.63, 3.8) is 0 Å². The fraction of sp³-hybridized carbons (Fsp3) is 0.333. The largest absolute Gasteiger partial charge is 0.491 e. The Morgan fingerprint density at radius 3 is 2.76 bits per heavy atom. The van der Waals surface area contributed by atoms with Crippen LogP contribution in [0.15, 0.2) is 48.5 Å². The van der Waals surface area contributed by atoms with Crippen LogP contribution in [-0.4, -0.2) is 40.0 Å². The summed E-state index contributed by atoms with van der Waals surface area (Å²) in [5.74, 6) is -0.413. The van der Waals surface area contributed by atoms with Gasteiger partial charge in [0.2, 0.25) is 0 Å². The molecule has 1 amide bonds. The summed E-state index contributed by atoms with van der Waals surface area (Å²) in [7, 11) is 0. The summed E-state index contributed by atoms with van der Waals surface area (Å²) < 4.78 is 45.5. The standard InChI is InChI=1S/C24H24F3N3O3/c1-15-6-2-3-10-20(15)30-21-11-5-9-19(21)22(29-30)23(32)28-13-17(31)14-33-18-8-4-7-16(12-18)24(25,26)27/h2-4,6-8,10,12,17,31H,5,9,11,13-14H2,1H3,(H,28,32). The molecule has 0 aliphatic heterocycles. The van der Waals surface area contributed by atoms with E-state index in [0.29, 0.717) is 5.69 Å². The number of amides is 1. The van der Waals surface area contributed by atoms with Gasteiger partial charge < -0.3 is 15.2 Å². The van der Waals surface area contributed by atoms with Gasteiger partial charge in [-0.3, -0.25) is 4.79 Å². The van der Waals surface area contributed by atoms with Gasteiger partial charge in [-0.05, 0) is 56.0 Å². The Bertz CT molecular complexity index is 1160. The highest BCUT2D eigenvalue weighted by molar-refractivity contribution is 5.94. The number of nitrogens with zero attached hydrogens (tertiary/aromatic N) is 2. The summed E-state index contributed by atoms with van der Waals surface area (Å²) in [5, 5.41) is 17.4. The van der Waals surface area contributed by atoms with Crippen molar-refractivity contribution in [2.24, 2.45) is 0 Å². The number of alkyl halides is 3. The van der Waals surface area contributed by atoms with E-state index in [9.17, 15) is 23.1 Å². The van der Waals surface area contributed by atoms with Crippen molar-refractivity contribution in [1.29, 1.82) is 0 Å². The van der Waals surface area contributed by atoms with E-state index >= 15 is 0 Å². The van der Waals surface area contributed by atoms with Gasteiger partial charge in [0.15, 0.2) is 5.69 Å². The molecule has 1 heterocycles. The van der Waals surface area contributed by atoms with Crippen LogP contribution in [0.25, 0.3) is 5.69 Å². The summed E-state index contributed by atoms with van der Waals surface area (Å²) in [6, 6.07) is 12.2. The van der Waals surface area contributed by atoms with Crippen LogP contribution >= 0.6 is 0 Å². The molecule has 0 spiro atoms. The zero-order valence-electron chi connectivity index (χ0n) is 18.0. The topological polar surface area (TPSA) is 76.4 Å². The second-order valence-electron chi connectivity index (χ2n) is 8.03. The number of fused-ring (bicyclic) bond motifs is 1. The molecule has 1 aliphatic rings. The first kappa shape index (κ1) is 22.8. The van der Waals surface area contributed by atoms with E-state index in [0.717, 1.165) is 53.9 Å². The van der Waals surface area contributed by atoms with E-state index in [1.807, 2.05) is 35.9 Å². The molecule has 0 saturated heterocycles. The van der Waals surface area contributed by atoms with Crippen LogP contribution in [0.5, 0.6) is 5.75 Å². The number of aliphatic hydroxyl groups is 1. The average molecular weight is 459 g/mol. The van der Waals surface area contributed by atoms with Crippen LogP contribution in [0.1, 0.15) is 39.3 Å². The van der Waals surface area contributed by atoms with Crippen molar-refractivity contribution in [1.82, 2.24) is 15.1 Å². The Labute approximate surface area is 189 Å². The third-order valence-corrected chi connectivity index (χ3v) is 5.59. The van der Waals surface area contributed by atoms with Gasteiger partial charge >= 0.3 is 6.18 Å². The van der Waals surface area contributed by atoms with Crippen molar-refractivity contribution >= 4 is 5.91 Å². The predicted octanol–water partition coefficient (Wildman–Crippen LogP) is 3.86. The van der Waals surface area contributed by atoms with Crippen LogP contribution in [0, 0.1) is 6.92 Å². The zero-order chi connectivity index (χ0) is 23.6. The lowest BCUT2D eigenvalue weighted by atomic mass is 10.1. The molecule has 2 N–H and O–H groups in total. The lowest BCUT2D eigenvalue weighted by Crippen LogP contribution is -2.35. The monoisotopic (exact) mass is 459 g/mol. The normalized spacial score (nSPS) is 14.1. The van der Waals surface area contributed by atoms with Gasteiger partial charge in [0, 0.05) is 17.8 Å². The number of nitrogens with one attached hydrogen (secondary N) is 1. The molecule has 1 aromatic heterocycles. The van der Waals surface area contributed by atoms with E-state index in [1.54, 1.807) is 0 Å². The molecule has 1 aliphatic carbocycles. The number of hydrogen-bond donors (Lipinski definition) is 2. The Hall–Kier alpha value is -3.33. The van der Waals surface area contributed by atoms with E-state index in [4.69, 9.17) is 4.74 Å². The smallest absolute Gasteiger partial charge is 0.416 e. The van der Waals surface area contributed by atoms with Crippen molar-refractivity contribution in [3.8, 4) is 11.4 Å². The molecule has 3 aromatic rings. The van der Waals surface area contributed by atoms with Gasteiger partial charge in [-0.1, -0.05) is 24.3 Å². The van der Waals surface area contributed by atoms with E-state index < -0.39 is 23.8 Å². The zero-order valence-corrected chi connectivity index (χ0v) is 18.0. The molecule has 174 valence electrons. The van der Waals surface area contributed by atoms with Crippen LogP contribution in [0.4, 0.5) is 13.2 Å². The maximum Gasteiger partial charge on any atom is 0.416 e. The van der Waals surface area contributed by atoms with Gasteiger partial charge in [0.25, 0.3) is 5.91 Å². The highest BCUT2D eigenvalue weighted by Gasteiger charge is 2.31. The number of ether oxygens (including phenoxy) is 1. The molecular formula is C24H24F3N3O3. The van der Waals surface area contributed by atoms with Gasteiger partial charge in [0.05, 0.1) is 11.3 Å². The maximum atomic E-state index is 12.8. The Morgan fingerprint density at radius 1 is 1.21 bits per heavy atom. The summed E-state index contributed by atoms with van der Waals surface area (Å²) in [4.78, 5) is 12.8. The van der Waals surface area contributed by atoms with Crippen LogP contribution in [0.3, 0.4) is 0 Å². The lowest BCUT2D eigenvalue weighted by Gasteiger charge is -2.14. The van der Waals surface area contributed by atoms with E-state index in [2.05, 4.69) is 10.4 Å². The minimum absolute atomic E-state index is 0.00926. The molecule has 6 nitrogen and oxygen atoms in total. The van der Waals surface area contributed by atoms with Crippen LogP contribution < -0.4 is 10.1 Å². The molecule has 4 rings (SSSR count). The number of carbonyl (C=O) groups is 1. The van der Waals surface area contributed by atoms with Gasteiger partial charge in [0.1, 0.15) is 18.5 Å². The molecule has 9 heteroatoms. The fourth-order valence-electron chi connectivity index (χ4n) is 3.93. The second kappa shape index (κ2) is 9.27. The summed E-state index contributed by atoms with van der Waals surface area (Å²) >= 11 is 0. The number of aliphatic hydroxyl groups excluding tert-OH is 1. The number of aryl methyl sites for hydroxylation is 1. The number of aromatic nitrogens is 2. The highest BCUT2D eigenvalue weighted by Crippen LogP contribution is 2.31. The van der Waals surface area contributed by atoms with Crippen molar-refractivity contribution in [2.75, 3.05) is 13.2 Å². The third kappa shape index (κ3) is 5.03. The summed E-state index contributed by atoms with van der Waals surface area (Å²) in [5.41, 5.74) is 3.39. The molecule has 0 fully saturated rings. The highest BCUT2D eigenvalue weighted by atomic mass is 19.4. The molecule has 33 heavy (non-hydrogen) atoms. The minimum atomic E-state index is -4.48. The summed E-state index contributed by atoms with van der Waals surface area (Å²) in [6.07, 6.45) is -3.06. The average Bonchev–Trinajstić information content (AvgIpc) is 3.39. The van der Waals surface area contributed by atoms with Crippen LogP contribution in [-0.2, 0) is 19.0 Å². The lowest BCUT2D eigenvalue weighted by molar-refractivity contribution is -0.137. The molecule has 0 bridgehead atoms. The maximum absolute atomic E-state index is 12.8. The van der Waals surface area contributed by atoms with Gasteiger partial charge in [-0.2, -0.15) is 18.3 Å². The van der Waals surface area contributed by atoms with Crippen LogP contribution in [0.2, 0.25) is 0 Å². The first-order valence-electron chi connectivity index (χ1n) is 10.7. The first-order valence-corrected chi connectivity index (χ1v) is 10.7. The number of para-hydroxylation sites is 1. The Kier molecular flexibility index (Phi) is 6.42. The SMILES string of the molecule is Cc1ccccc1-n1nc(C(=O)NCC(O)COc2cccc(C(F)(F)F)c2)c2c1CCC2. The number of benzene rings is 2. The predicted molar refractivity (Wildman–Crippen MR) is 116 cm³/mol. The van der Waals surface area contributed by atoms with Crippen molar-refractivity contribution in [3.05, 3.63) is 76.6 Å². The fourth-order valence-corrected chi connectivity index (χ4v) is 3.93. The third-order valence-electron chi connectivity index (χ3n) is 5.59. The number of carbonyl (C=O) groups excluding carboxylic acids is 1. The number of rotatable bonds is 7. The minimum Gasteiger partial charge on any atom is -0.491 e. The molecule has 0 radical (unpaired) electrons. The summed E-state index contributed by atoms with van der Waals surface area (Å²) in [6.45, 7) is 1.60. The molecule has 2 aromatic carbocycles. The van der Waals surface area contributed by atoms with Gasteiger partial charge in [-0.25, -0.2) is 4.68 Å². The van der Waals surface area contributed by atoms with Crippen molar-refractivity contribution < 1.29 is 27.8 Å². The second-order valence-corrected chi connectivity index (χ2v) is 8.03. The molecular weight excluding hydrogens is 435 g/mol. The Balaban J connectivity index is 1.39. The first-order chi connectivity index (χ1) is 15.7. The van der Waals surface area contributed by atoms with Gasteiger partial charge in [-0.15, -0.1) is 0 Å². The quantitative estimate of drug-likeness (QED) is 0.563. The number of hydrogen-bond acceptors (Lipinski definition) is 4. The van der Waals surface area contributed by atoms with E-state index in [-0.39, 0.29) is 18.9 Å². The molecule has 1 atom stereocenters. The number of halogens is 3. The Morgan fingerprint density at radius 2 is 2.00 bits per heavy atom. The molecule has 1 unspecified atom stereocenters. The van der Waals surface area contributed by atoms with E-state index in [1.165, 1.54) is 12.1 Å².